The Morgan fingerprint density at radius 2 is 1.92 bits per heavy atom. The monoisotopic (exact) mass is 183 g/mol. The van der Waals surface area contributed by atoms with Gasteiger partial charge in [-0.3, -0.25) is 0 Å². The second-order valence-corrected chi connectivity index (χ2v) is 4.74. The Hall–Kier alpha value is -0.300. The van der Waals surface area contributed by atoms with Crippen molar-refractivity contribution in [3.05, 3.63) is 12.7 Å². The molecule has 0 spiro atoms. The quantitative estimate of drug-likeness (QED) is 0.492. The zero-order valence-corrected chi connectivity index (χ0v) is 9.69. The molecule has 0 aliphatic carbocycles. The maximum absolute atomic E-state index is 3.86. The fourth-order valence-corrected chi connectivity index (χ4v) is 1.38. The molecule has 0 fully saturated rings. The molecule has 1 nitrogen and oxygen atoms in total. The average molecular weight is 183 g/mol. The maximum atomic E-state index is 3.86. The summed E-state index contributed by atoms with van der Waals surface area (Å²) in [5, 5.41) is 3.53. The summed E-state index contributed by atoms with van der Waals surface area (Å²) < 4.78 is 0. The van der Waals surface area contributed by atoms with Crippen LogP contribution in [0.5, 0.6) is 0 Å². The molecule has 0 amide bonds. The highest BCUT2D eigenvalue weighted by Crippen LogP contribution is 2.19. The second-order valence-electron chi connectivity index (χ2n) is 4.74. The summed E-state index contributed by atoms with van der Waals surface area (Å²) in [6.45, 7) is 13.9. The van der Waals surface area contributed by atoms with Crippen LogP contribution in [0.3, 0.4) is 0 Å². The van der Waals surface area contributed by atoms with E-state index in [0.717, 1.165) is 6.54 Å². The molecule has 0 aromatic heterocycles. The Morgan fingerprint density at radius 3 is 2.31 bits per heavy atom. The van der Waals surface area contributed by atoms with E-state index in [2.05, 4.69) is 39.6 Å². The molecule has 0 aliphatic rings. The normalized spacial score (nSPS) is 14.2. The molecular formula is C12H25N. The minimum atomic E-state index is 0.286. The second kappa shape index (κ2) is 6.20. The Labute approximate surface area is 83.6 Å². The molecule has 0 rings (SSSR count). The Bertz CT molecular complexity index is 133. The average Bonchev–Trinajstić information content (AvgIpc) is 2.02. The molecule has 0 radical (unpaired) electrons. The smallest absolute Gasteiger partial charge is 0.0296 e. The molecule has 1 atom stereocenters. The van der Waals surface area contributed by atoms with Gasteiger partial charge >= 0.3 is 0 Å². The number of hydrogen-bond donors (Lipinski definition) is 1. The zero-order chi connectivity index (χ0) is 10.3. The summed E-state index contributed by atoms with van der Waals surface area (Å²) in [5.74, 6) is 0. The van der Waals surface area contributed by atoms with Crippen molar-refractivity contribution in [1.82, 2.24) is 5.32 Å². The molecule has 0 aromatic carbocycles. The summed E-state index contributed by atoms with van der Waals surface area (Å²) >= 11 is 0. The molecule has 0 bridgehead atoms. The first-order chi connectivity index (χ1) is 6.02. The number of unbranched alkanes of at least 4 members (excludes halogenated alkanes) is 2. The molecule has 0 saturated heterocycles. The van der Waals surface area contributed by atoms with Crippen LogP contribution >= 0.6 is 0 Å². The molecule has 0 aromatic rings. The molecule has 13 heavy (non-hydrogen) atoms. The molecule has 0 saturated carbocycles. The van der Waals surface area contributed by atoms with Gasteiger partial charge in [0.1, 0.15) is 0 Å². The first-order valence-corrected chi connectivity index (χ1v) is 5.38. The van der Waals surface area contributed by atoms with Crippen molar-refractivity contribution in [2.24, 2.45) is 5.41 Å². The molecule has 0 aliphatic heterocycles. The third kappa shape index (κ3) is 5.87. The van der Waals surface area contributed by atoms with Crippen molar-refractivity contribution in [3.63, 3.8) is 0 Å². The lowest BCUT2D eigenvalue weighted by molar-refractivity contribution is 0.312. The first-order valence-electron chi connectivity index (χ1n) is 5.38. The fourth-order valence-electron chi connectivity index (χ4n) is 1.38. The largest absolute Gasteiger partial charge is 0.310 e. The Morgan fingerprint density at radius 1 is 1.31 bits per heavy atom. The molecular weight excluding hydrogens is 158 g/mol. The molecule has 1 unspecified atom stereocenters. The van der Waals surface area contributed by atoms with Crippen molar-refractivity contribution >= 4 is 0 Å². The van der Waals surface area contributed by atoms with Crippen LogP contribution < -0.4 is 5.32 Å². The lowest BCUT2D eigenvalue weighted by atomic mass is 9.87. The summed E-state index contributed by atoms with van der Waals surface area (Å²) in [5.41, 5.74) is 0.286. The number of rotatable bonds is 6. The van der Waals surface area contributed by atoms with Gasteiger partial charge in [0.05, 0.1) is 0 Å². The lowest BCUT2D eigenvalue weighted by Gasteiger charge is -2.28. The van der Waals surface area contributed by atoms with E-state index in [4.69, 9.17) is 0 Å². The number of hydrogen-bond acceptors (Lipinski definition) is 1. The maximum Gasteiger partial charge on any atom is 0.0296 e. The van der Waals surface area contributed by atoms with Gasteiger partial charge in [-0.1, -0.05) is 46.6 Å². The van der Waals surface area contributed by atoms with E-state index in [1.807, 2.05) is 6.08 Å². The van der Waals surface area contributed by atoms with E-state index in [1.165, 1.54) is 19.3 Å². The number of nitrogens with one attached hydrogen (secondary N) is 1. The standard InChI is InChI=1S/C12H25N/c1-6-8-9-10-13-11(7-2)12(3,4)5/h7,11,13H,2,6,8-10H2,1,3-5H3. The topological polar surface area (TPSA) is 12.0 Å². The van der Waals surface area contributed by atoms with Crippen molar-refractivity contribution in [3.8, 4) is 0 Å². The van der Waals surface area contributed by atoms with E-state index >= 15 is 0 Å². The van der Waals surface area contributed by atoms with Gasteiger partial charge in [-0.15, -0.1) is 6.58 Å². The van der Waals surface area contributed by atoms with Crippen LogP contribution in [0, 0.1) is 5.41 Å². The summed E-state index contributed by atoms with van der Waals surface area (Å²) in [7, 11) is 0. The van der Waals surface area contributed by atoms with Gasteiger partial charge in [-0.05, 0) is 18.4 Å². The molecule has 1 heteroatoms. The van der Waals surface area contributed by atoms with Gasteiger partial charge in [0.2, 0.25) is 0 Å². The van der Waals surface area contributed by atoms with Gasteiger partial charge in [-0.2, -0.15) is 0 Å². The predicted octanol–water partition coefficient (Wildman–Crippen LogP) is 3.37. The van der Waals surface area contributed by atoms with Gasteiger partial charge in [-0.25, -0.2) is 0 Å². The summed E-state index contributed by atoms with van der Waals surface area (Å²) in [6, 6.07) is 0.435. The first kappa shape index (κ1) is 12.7. The van der Waals surface area contributed by atoms with Crippen molar-refractivity contribution in [2.75, 3.05) is 6.54 Å². The lowest BCUT2D eigenvalue weighted by Crippen LogP contribution is -2.38. The van der Waals surface area contributed by atoms with Crippen LogP contribution in [0.4, 0.5) is 0 Å². The Balaban J connectivity index is 3.67. The van der Waals surface area contributed by atoms with Gasteiger partial charge < -0.3 is 5.32 Å². The van der Waals surface area contributed by atoms with E-state index in [-0.39, 0.29) is 5.41 Å². The van der Waals surface area contributed by atoms with E-state index in [0.29, 0.717) is 6.04 Å². The molecule has 1 N–H and O–H groups in total. The van der Waals surface area contributed by atoms with Crippen molar-refractivity contribution < 1.29 is 0 Å². The van der Waals surface area contributed by atoms with Crippen LogP contribution in [0.25, 0.3) is 0 Å². The highest BCUT2D eigenvalue weighted by molar-refractivity contribution is 4.93. The van der Waals surface area contributed by atoms with Crippen LogP contribution in [-0.2, 0) is 0 Å². The highest BCUT2D eigenvalue weighted by atomic mass is 14.9. The van der Waals surface area contributed by atoms with Gasteiger partial charge in [0.25, 0.3) is 0 Å². The van der Waals surface area contributed by atoms with Crippen LogP contribution in [0.2, 0.25) is 0 Å². The van der Waals surface area contributed by atoms with E-state index < -0.39 is 0 Å². The minimum absolute atomic E-state index is 0.286. The van der Waals surface area contributed by atoms with Crippen LogP contribution in [0.1, 0.15) is 47.0 Å². The highest BCUT2D eigenvalue weighted by Gasteiger charge is 2.20. The predicted molar refractivity (Wildman–Crippen MR) is 61.0 cm³/mol. The SMILES string of the molecule is C=CC(NCCCCC)C(C)(C)C. The van der Waals surface area contributed by atoms with Crippen molar-refractivity contribution in [2.45, 2.75) is 53.0 Å². The van der Waals surface area contributed by atoms with E-state index in [1.54, 1.807) is 0 Å². The summed E-state index contributed by atoms with van der Waals surface area (Å²) in [4.78, 5) is 0. The minimum Gasteiger partial charge on any atom is -0.310 e. The fraction of sp³-hybridized carbons (Fsp3) is 0.833. The van der Waals surface area contributed by atoms with Crippen molar-refractivity contribution in [1.29, 1.82) is 0 Å². The van der Waals surface area contributed by atoms with E-state index in [9.17, 15) is 0 Å². The zero-order valence-electron chi connectivity index (χ0n) is 9.69. The van der Waals surface area contributed by atoms with Gasteiger partial charge in [0, 0.05) is 6.04 Å². The van der Waals surface area contributed by atoms with Gasteiger partial charge in [0.15, 0.2) is 0 Å². The van der Waals surface area contributed by atoms with Crippen LogP contribution in [0.15, 0.2) is 12.7 Å². The molecule has 78 valence electrons. The summed E-state index contributed by atoms with van der Waals surface area (Å²) in [6.07, 6.45) is 5.90. The Kier molecular flexibility index (Phi) is 6.06. The third-order valence-electron chi connectivity index (χ3n) is 2.31. The third-order valence-corrected chi connectivity index (χ3v) is 2.31. The van der Waals surface area contributed by atoms with Crippen LogP contribution in [-0.4, -0.2) is 12.6 Å². The molecule has 0 heterocycles.